The molecule has 2 unspecified atom stereocenters. The summed E-state index contributed by atoms with van der Waals surface area (Å²) < 4.78 is 25.3. The lowest BCUT2D eigenvalue weighted by Crippen LogP contribution is -2.60. The minimum absolute atomic E-state index is 0.0287. The van der Waals surface area contributed by atoms with Crippen LogP contribution in [0.15, 0.2) is 78.9 Å². The van der Waals surface area contributed by atoms with E-state index in [4.69, 9.17) is 9.47 Å². The predicted molar refractivity (Wildman–Crippen MR) is 146 cm³/mol. The molecule has 0 bridgehead atoms. The first kappa shape index (κ1) is 27.3. The monoisotopic (exact) mass is 545 g/mol. The molecule has 2 aliphatic rings. The van der Waals surface area contributed by atoms with Crippen LogP contribution >= 0.6 is 0 Å². The van der Waals surface area contributed by atoms with E-state index in [1.54, 1.807) is 40.1 Å². The molecule has 8 nitrogen and oxygen atoms in total. The molecule has 9 heteroatoms. The number of carbonyl (C=O) groups excluding carboxylic acids is 3. The first-order valence-corrected chi connectivity index (χ1v) is 13.3. The van der Waals surface area contributed by atoms with Crippen LogP contribution < -0.4 is 10.1 Å². The number of piperidine rings is 1. The highest BCUT2D eigenvalue weighted by atomic mass is 19.1. The quantitative estimate of drug-likeness (QED) is 0.502. The second kappa shape index (κ2) is 11.5. The fourth-order valence-electron chi connectivity index (χ4n) is 5.46. The second-order valence-electron chi connectivity index (χ2n) is 10.1. The molecule has 0 aromatic heterocycles. The number of hydrogen-bond donors (Lipinski definition) is 1. The highest BCUT2D eigenvalue weighted by Crippen LogP contribution is 2.39. The van der Waals surface area contributed by atoms with Gasteiger partial charge in [0.2, 0.25) is 5.91 Å². The lowest BCUT2D eigenvalue weighted by Gasteiger charge is -2.44. The van der Waals surface area contributed by atoms with Gasteiger partial charge in [0.1, 0.15) is 23.3 Å². The van der Waals surface area contributed by atoms with Crippen molar-refractivity contribution in [3.63, 3.8) is 0 Å². The van der Waals surface area contributed by atoms with Crippen LogP contribution in [0, 0.1) is 5.82 Å². The molecule has 2 heterocycles. The fraction of sp³-hybridized carbons (Fsp3) is 0.323. The van der Waals surface area contributed by atoms with Crippen molar-refractivity contribution in [2.45, 2.75) is 37.6 Å². The highest BCUT2D eigenvalue weighted by molar-refractivity contribution is 5.99. The minimum Gasteiger partial charge on any atom is -0.497 e. The summed E-state index contributed by atoms with van der Waals surface area (Å²) in [5.41, 5.74) is 0.507. The Labute approximate surface area is 232 Å². The Hall–Kier alpha value is -4.24. The Bertz CT molecular complexity index is 1390. The van der Waals surface area contributed by atoms with Crippen LogP contribution in [-0.2, 0) is 9.53 Å². The maximum atomic E-state index is 14.0. The number of nitrogens with one attached hydrogen (secondary N) is 1. The van der Waals surface area contributed by atoms with Crippen molar-refractivity contribution in [2.75, 3.05) is 26.8 Å². The molecule has 2 aliphatic heterocycles. The van der Waals surface area contributed by atoms with Crippen LogP contribution in [0.25, 0.3) is 0 Å². The largest absolute Gasteiger partial charge is 0.497 e. The number of carbonyl (C=O) groups is 3. The minimum atomic E-state index is -1.07. The van der Waals surface area contributed by atoms with Crippen LogP contribution in [0.4, 0.5) is 4.39 Å². The Kier molecular flexibility index (Phi) is 7.84. The Morgan fingerprint density at radius 3 is 2.30 bits per heavy atom. The number of likely N-dealkylation sites (tertiary alicyclic amines) is 1. The number of benzene rings is 3. The van der Waals surface area contributed by atoms with E-state index in [-0.39, 0.29) is 49.0 Å². The molecule has 208 valence electrons. The molecule has 3 aromatic carbocycles. The van der Waals surface area contributed by atoms with Crippen molar-refractivity contribution in [3.05, 3.63) is 101 Å². The zero-order chi connectivity index (χ0) is 28.3. The van der Waals surface area contributed by atoms with Gasteiger partial charge < -0.3 is 19.7 Å². The summed E-state index contributed by atoms with van der Waals surface area (Å²) in [6.07, 6.45) is 0.615. The number of amides is 3. The van der Waals surface area contributed by atoms with E-state index in [0.717, 1.165) is 5.56 Å². The smallest absolute Gasteiger partial charge is 0.257 e. The summed E-state index contributed by atoms with van der Waals surface area (Å²) in [6, 6.07) is 20.8. The normalized spacial score (nSPS) is 18.8. The maximum Gasteiger partial charge on any atom is 0.257 e. The molecule has 2 atom stereocenters. The van der Waals surface area contributed by atoms with Crippen LogP contribution in [0.2, 0.25) is 0 Å². The van der Waals surface area contributed by atoms with Crippen LogP contribution in [0.1, 0.15) is 52.1 Å². The third kappa shape index (κ3) is 5.42. The molecule has 2 saturated heterocycles. The van der Waals surface area contributed by atoms with Gasteiger partial charge in [-0.3, -0.25) is 19.3 Å². The molecule has 0 saturated carbocycles. The topological polar surface area (TPSA) is 88.2 Å². The van der Waals surface area contributed by atoms with Crippen molar-refractivity contribution < 1.29 is 28.2 Å². The molecular formula is C31H32FN3O5. The van der Waals surface area contributed by atoms with E-state index in [1.807, 2.05) is 37.3 Å². The molecule has 3 amide bonds. The summed E-state index contributed by atoms with van der Waals surface area (Å²) in [6.45, 7) is 2.49. The van der Waals surface area contributed by atoms with E-state index >= 15 is 0 Å². The maximum absolute atomic E-state index is 14.0. The van der Waals surface area contributed by atoms with Gasteiger partial charge in [-0.2, -0.15) is 0 Å². The number of methoxy groups -OCH3 is 1. The summed E-state index contributed by atoms with van der Waals surface area (Å²) in [5.74, 6) is -0.915. The lowest BCUT2D eigenvalue weighted by molar-refractivity contribution is -0.128. The molecule has 0 aliphatic carbocycles. The zero-order valence-electron chi connectivity index (χ0n) is 22.5. The second-order valence-corrected chi connectivity index (χ2v) is 10.1. The van der Waals surface area contributed by atoms with Gasteiger partial charge in [0.25, 0.3) is 11.8 Å². The number of rotatable bonds is 6. The van der Waals surface area contributed by atoms with Gasteiger partial charge in [0, 0.05) is 37.1 Å². The van der Waals surface area contributed by atoms with E-state index in [1.165, 1.54) is 25.3 Å². The molecule has 1 N–H and O–H groups in total. The Balaban J connectivity index is 1.39. The SMILES string of the molecule is COc1cccc(C(=O)N2C(C(=O)NC(C)c3ccccc3)COC23CCN(C(=O)c2cccc(F)c2)CC3)c1. The highest BCUT2D eigenvalue weighted by Gasteiger charge is 2.54. The molecular weight excluding hydrogens is 513 g/mol. The molecule has 1 spiro atoms. The zero-order valence-corrected chi connectivity index (χ0v) is 22.5. The van der Waals surface area contributed by atoms with Crippen LogP contribution in [0.3, 0.4) is 0 Å². The van der Waals surface area contributed by atoms with Gasteiger partial charge in [-0.05, 0) is 48.9 Å². The van der Waals surface area contributed by atoms with E-state index in [2.05, 4.69) is 5.32 Å². The van der Waals surface area contributed by atoms with Gasteiger partial charge in [-0.15, -0.1) is 0 Å². The van der Waals surface area contributed by atoms with Crippen molar-refractivity contribution in [2.24, 2.45) is 0 Å². The van der Waals surface area contributed by atoms with Gasteiger partial charge in [0.05, 0.1) is 19.8 Å². The average Bonchev–Trinajstić information content (AvgIpc) is 3.35. The first-order chi connectivity index (χ1) is 19.3. The molecule has 0 radical (unpaired) electrons. The number of hydrogen-bond acceptors (Lipinski definition) is 5. The summed E-state index contributed by atoms with van der Waals surface area (Å²) in [5, 5.41) is 3.04. The van der Waals surface area contributed by atoms with Crippen molar-refractivity contribution in [1.29, 1.82) is 0 Å². The summed E-state index contributed by atoms with van der Waals surface area (Å²) >= 11 is 0. The molecule has 5 rings (SSSR count). The van der Waals surface area contributed by atoms with Gasteiger partial charge in [-0.25, -0.2) is 4.39 Å². The summed E-state index contributed by atoms with van der Waals surface area (Å²) in [4.78, 5) is 43.8. The van der Waals surface area contributed by atoms with Crippen molar-refractivity contribution in [3.8, 4) is 5.75 Å². The van der Waals surface area contributed by atoms with Gasteiger partial charge in [-0.1, -0.05) is 42.5 Å². The van der Waals surface area contributed by atoms with Crippen molar-refractivity contribution >= 4 is 17.7 Å². The predicted octanol–water partition coefficient (Wildman–Crippen LogP) is 4.19. The lowest BCUT2D eigenvalue weighted by atomic mass is 9.96. The summed E-state index contributed by atoms with van der Waals surface area (Å²) in [7, 11) is 1.52. The molecule has 2 fully saturated rings. The van der Waals surface area contributed by atoms with Gasteiger partial charge >= 0.3 is 0 Å². The first-order valence-electron chi connectivity index (χ1n) is 13.3. The Morgan fingerprint density at radius 2 is 1.62 bits per heavy atom. The third-order valence-corrected chi connectivity index (χ3v) is 7.66. The van der Waals surface area contributed by atoms with Gasteiger partial charge in [0.15, 0.2) is 0 Å². The fourth-order valence-corrected chi connectivity index (χ4v) is 5.46. The molecule has 40 heavy (non-hydrogen) atoms. The molecule has 3 aromatic rings. The van der Waals surface area contributed by atoms with Crippen molar-refractivity contribution in [1.82, 2.24) is 15.1 Å². The van der Waals surface area contributed by atoms with Crippen LogP contribution in [0.5, 0.6) is 5.75 Å². The number of ether oxygens (including phenoxy) is 2. The Morgan fingerprint density at radius 1 is 0.950 bits per heavy atom. The van der Waals surface area contributed by atoms with Crippen LogP contribution in [-0.4, -0.2) is 66.1 Å². The van der Waals surface area contributed by atoms with E-state index in [0.29, 0.717) is 24.2 Å². The van der Waals surface area contributed by atoms with E-state index in [9.17, 15) is 18.8 Å². The third-order valence-electron chi connectivity index (χ3n) is 7.66. The standard InChI is InChI=1S/C31H32FN3O5/c1-21(22-8-4-3-5-9-22)33-28(36)27-20-40-31(35(27)30(38)24-11-7-13-26(19-24)39-2)14-16-34(17-15-31)29(37)23-10-6-12-25(32)18-23/h3-13,18-19,21,27H,14-17,20H2,1-2H3,(H,33,36). The number of halogens is 1. The van der Waals surface area contributed by atoms with E-state index < -0.39 is 17.6 Å². The number of nitrogens with zero attached hydrogens (tertiary/aromatic N) is 2. The average molecular weight is 546 g/mol.